The molecular weight excluding hydrogens is 483 g/mol. The fraction of sp³-hybridized carbons (Fsp3) is 0.667. The number of rotatable bonds is 9. The van der Waals surface area contributed by atoms with Crippen molar-refractivity contribution in [2.75, 3.05) is 53.0 Å². The Labute approximate surface area is 192 Å². The average Bonchev–Trinajstić information content (AvgIpc) is 2.69. The summed E-state index contributed by atoms with van der Waals surface area (Å²) in [6.45, 7) is 12.0. The summed E-state index contributed by atoms with van der Waals surface area (Å²) < 4.78 is 11.0. The molecule has 29 heavy (non-hydrogen) atoms. The number of hydrogen-bond donors (Lipinski definition) is 3. The third kappa shape index (κ3) is 9.50. The van der Waals surface area contributed by atoms with Gasteiger partial charge in [-0.25, -0.2) is 0 Å². The quantitative estimate of drug-likeness (QED) is 0.264. The Morgan fingerprint density at radius 3 is 2.66 bits per heavy atom. The summed E-state index contributed by atoms with van der Waals surface area (Å²) in [5.41, 5.74) is 0.820. The van der Waals surface area contributed by atoms with E-state index >= 15 is 0 Å². The Morgan fingerprint density at radius 1 is 1.31 bits per heavy atom. The van der Waals surface area contributed by atoms with E-state index in [0.29, 0.717) is 18.4 Å². The number of aliphatic hydroxyl groups is 1. The molecule has 7 nitrogen and oxygen atoms in total. The minimum atomic E-state index is -0.658. The first-order valence-electron chi connectivity index (χ1n) is 10.2. The molecule has 8 heteroatoms. The van der Waals surface area contributed by atoms with Gasteiger partial charge in [-0.15, -0.1) is 24.0 Å². The van der Waals surface area contributed by atoms with Crippen LogP contribution in [0.1, 0.15) is 32.4 Å². The maximum Gasteiger partial charge on any atom is 0.191 e. The van der Waals surface area contributed by atoms with Crippen LogP contribution in [-0.4, -0.2) is 75.1 Å². The lowest BCUT2D eigenvalue weighted by molar-refractivity contribution is -0.0284. The molecule has 1 aromatic carbocycles. The summed E-state index contributed by atoms with van der Waals surface area (Å²) in [5.74, 6) is 2.12. The summed E-state index contributed by atoms with van der Waals surface area (Å²) in [6, 6.07) is 7.40. The predicted molar refractivity (Wildman–Crippen MR) is 128 cm³/mol. The molecule has 0 aromatic heterocycles. The van der Waals surface area contributed by atoms with Gasteiger partial charge in [-0.3, -0.25) is 9.89 Å². The van der Waals surface area contributed by atoms with Crippen molar-refractivity contribution in [1.29, 1.82) is 0 Å². The van der Waals surface area contributed by atoms with Crippen LogP contribution < -0.4 is 15.4 Å². The number of methoxy groups -OCH3 is 1. The highest BCUT2D eigenvalue weighted by Gasteiger charge is 2.21. The van der Waals surface area contributed by atoms with Crippen molar-refractivity contribution in [3.05, 3.63) is 29.8 Å². The first kappa shape index (κ1) is 25.9. The first-order chi connectivity index (χ1) is 13.5. The molecule has 1 aliphatic heterocycles. The molecule has 1 heterocycles. The molecule has 1 aromatic rings. The van der Waals surface area contributed by atoms with Gasteiger partial charge in [-0.2, -0.15) is 0 Å². The highest BCUT2D eigenvalue weighted by Crippen LogP contribution is 2.17. The van der Waals surface area contributed by atoms with E-state index in [0.717, 1.165) is 44.1 Å². The number of morpholine rings is 1. The van der Waals surface area contributed by atoms with Crippen molar-refractivity contribution in [1.82, 2.24) is 15.5 Å². The fourth-order valence-corrected chi connectivity index (χ4v) is 3.25. The number of guanidine groups is 1. The second kappa shape index (κ2) is 14.0. The van der Waals surface area contributed by atoms with E-state index in [2.05, 4.69) is 34.4 Å². The van der Waals surface area contributed by atoms with E-state index < -0.39 is 6.10 Å². The molecular formula is C21H37IN4O3. The van der Waals surface area contributed by atoms with Crippen LogP contribution in [0.5, 0.6) is 5.75 Å². The maximum atomic E-state index is 10.4. The van der Waals surface area contributed by atoms with Crippen LogP contribution in [0.4, 0.5) is 0 Å². The smallest absolute Gasteiger partial charge is 0.191 e. The zero-order valence-corrected chi connectivity index (χ0v) is 20.4. The Balaban J connectivity index is 0.00000420. The molecule has 0 amide bonds. The van der Waals surface area contributed by atoms with Gasteiger partial charge in [-0.1, -0.05) is 26.0 Å². The number of nitrogens with zero attached hydrogens (tertiary/aromatic N) is 2. The Bertz CT molecular complexity index is 598. The van der Waals surface area contributed by atoms with E-state index in [1.807, 2.05) is 31.2 Å². The van der Waals surface area contributed by atoms with Gasteiger partial charge in [0.2, 0.25) is 0 Å². The van der Waals surface area contributed by atoms with Gasteiger partial charge in [0.25, 0.3) is 0 Å². The molecule has 3 N–H and O–H groups in total. The molecule has 166 valence electrons. The zero-order chi connectivity index (χ0) is 20.4. The second-order valence-electron chi connectivity index (χ2n) is 7.54. The first-order valence-corrected chi connectivity index (χ1v) is 10.2. The van der Waals surface area contributed by atoms with Crippen molar-refractivity contribution in [2.45, 2.75) is 33.0 Å². The van der Waals surface area contributed by atoms with E-state index in [9.17, 15) is 5.11 Å². The largest absolute Gasteiger partial charge is 0.497 e. The Kier molecular flexibility index (Phi) is 12.5. The molecule has 0 saturated carbocycles. The highest BCUT2D eigenvalue weighted by atomic mass is 127. The lowest BCUT2D eigenvalue weighted by Gasteiger charge is -2.34. The minimum Gasteiger partial charge on any atom is -0.497 e. The zero-order valence-electron chi connectivity index (χ0n) is 18.1. The van der Waals surface area contributed by atoms with Crippen molar-refractivity contribution in [2.24, 2.45) is 10.9 Å². The number of ether oxygens (including phenoxy) is 2. The molecule has 0 bridgehead atoms. The number of aliphatic imine (C=N–C) groups is 1. The summed E-state index contributed by atoms with van der Waals surface area (Å²) in [6.07, 6.45) is -0.517. The number of halogens is 1. The standard InChI is InChI=1S/C21H36N4O3.HI/c1-5-22-21(23-12-19-15-25(10-11-28-19)14-16(2)3)24-13-20(26)17-6-8-18(27-4)9-7-17;/h6-9,16,19-20,26H,5,10-15H2,1-4H3,(H2,22,23,24);1H. The number of nitrogens with one attached hydrogen (secondary N) is 2. The molecule has 2 rings (SSSR count). The van der Waals surface area contributed by atoms with E-state index in [4.69, 9.17) is 9.47 Å². The molecule has 2 atom stereocenters. The molecule has 1 fully saturated rings. The van der Waals surface area contributed by atoms with Crippen LogP contribution in [0, 0.1) is 5.92 Å². The van der Waals surface area contributed by atoms with E-state index in [1.165, 1.54) is 0 Å². The fourth-order valence-electron chi connectivity index (χ4n) is 3.25. The van der Waals surface area contributed by atoms with Crippen molar-refractivity contribution in [3.8, 4) is 5.75 Å². The third-order valence-electron chi connectivity index (χ3n) is 4.61. The summed E-state index contributed by atoms with van der Waals surface area (Å²) in [5, 5.41) is 17.0. The summed E-state index contributed by atoms with van der Waals surface area (Å²) in [7, 11) is 1.63. The van der Waals surface area contributed by atoms with Gasteiger partial charge in [0.1, 0.15) is 5.75 Å². The second-order valence-corrected chi connectivity index (χ2v) is 7.54. The van der Waals surface area contributed by atoms with Gasteiger partial charge in [-0.05, 0) is 30.5 Å². The number of benzene rings is 1. The Hall–Kier alpha value is -1.10. The summed E-state index contributed by atoms with van der Waals surface area (Å²) in [4.78, 5) is 6.98. The van der Waals surface area contributed by atoms with Gasteiger partial charge >= 0.3 is 0 Å². The predicted octanol–water partition coefficient (Wildman–Crippen LogP) is 2.26. The molecule has 2 unspecified atom stereocenters. The third-order valence-corrected chi connectivity index (χ3v) is 4.61. The van der Waals surface area contributed by atoms with Gasteiger partial charge < -0.3 is 25.2 Å². The van der Waals surface area contributed by atoms with Crippen LogP contribution in [0.2, 0.25) is 0 Å². The molecule has 1 aliphatic rings. The van der Waals surface area contributed by atoms with Crippen LogP contribution in [0.3, 0.4) is 0 Å². The van der Waals surface area contributed by atoms with E-state index in [1.54, 1.807) is 7.11 Å². The molecule has 0 spiro atoms. The van der Waals surface area contributed by atoms with Crippen molar-refractivity contribution < 1.29 is 14.6 Å². The topological polar surface area (TPSA) is 78.4 Å². The van der Waals surface area contributed by atoms with E-state index in [-0.39, 0.29) is 36.6 Å². The highest BCUT2D eigenvalue weighted by molar-refractivity contribution is 14.0. The van der Waals surface area contributed by atoms with Crippen molar-refractivity contribution in [3.63, 3.8) is 0 Å². The van der Waals surface area contributed by atoms with Gasteiger partial charge in [0.15, 0.2) is 5.96 Å². The number of aliphatic hydroxyl groups excluding tert-OH is 1. The van der Waals surface area contributed by atoms with Crippen LogP contribution >= 0.6 is 24.0 Å². The molecule has 0 radical (unpaired) electrons. The maximum absolute atomic E-state index is 10.4. The number of hydrogen-bond acceptors (Lipinski definition) is 5. The molecule has 1 saturated heterocycles. The van der Waals surface area contributed by atoms with Crippen LogP contribution in [-0.2, 0) is 4.74 Å². The SMILES string of the molecule is CCNC(=NCC(O)c1ccc(OC)cc1)NCC1CN(CC(C)C)CCO1.I. The average molecular weight is 520 g/mol. The lowest BCUT2D eigenvalue weighted by atomic mass is 10.1. The Morgan fingerprint density at radius 2 is 2.03 bits per heavy atom. The minimum absolute atomic E-state index is 0. The van der Waals surface area contributed by atoms with Gasteiger partial charge in [0, 0.05) is 32.7 Å². The van der Waals surface area contributed by atoms with Crippen molar-refractivity contribution >= 4 is 29.9 Å². The van der Waals surface area contributed by atoms with Crippen LogP contribution in [0.25, 0.3) is 0 Å². The summed E-state index contributed by atoms with van der Waals surface area (Å²) >= 11 is 0. The van der Waals surface area contributed by atoms with Crippen LogP contribution in [0.15, 0.2) is 29.3 Å². The lowest BCUT2D eigenvalue weighted by Crippen LogP contribution is -2.50. The monoisotopic (exact) mass is 520 g/mol. The molecule has 0 aliphatic carbocycles. The van der Waals surface area contributed by atoms with Gasteiger partial charge in [0.05, 0.1) is 32.5 Å². The normalized spacial score (nSPS) is 18.8.